The molecule has 3 aromatic rings. The van der Waals surface area contributed by atoms with Gasteiger partial charge in [-0.2, -0.15) is 0 Å². The lowest BCUT2D eigenvalue weighted by Gasteiger charge is -2.27. The summed E-state index contributed by atoms with van der Waals surface area (Å²) >= 11 is 0. The Hall–Kier alpha value is -5.05. The molecule has 1 saturated heterocycles. The molecule has 9 heteroatoms. The number of carbonyl (C=O) groups excluding carboxylic acids is 3. The Morgan fingerprint density at radius 3 is 2.27 bits per heavy atom. The maximum Gasteiger partial charge on any atom is 0.331 e. The molecule has 1 aliphatic heterocycles. The highest BCUT2D eigenvalue weighted by Crippen LogP contribution is 2.36. The van der Waals surface area contributed by atoms with Gasteiger partial charge in [0.15, 0.2) is 23.0 Å². The van der Waals surface area contributed by atoms with E-state index < -0.39 is 17.8 Å². The number of allylic oxidation sites excluding steroid dienone is 1. The van der Waals surface area contributed by atoms with E-state index in [0.717, 1.165) is 22.4 Å². The zero-order valence-electron chi connectivity index (χ0n) is 25.4. The molecule has 0 aromatic heterocycles. The lowest BCUT2D eigenvalue weighted by molar-refractivity contribution is -0.130. The van der Waals surface area contributed by atoms with E-state index in [0.29, 0.717) is 67.0 Å². The monoisotopic (exact) mass is 598 g/mol. The van der Waals surface area contributed by atoms with Crippen LogP contribution in [0, 0.1) is 0 Å². The summed E-state index contributed by atoms with van der Waals surface area (Å²) in [4.78, 5) is 40.2. The van der Waals surface area contributed by atoms with Crippen molar-refractivity contribution >= 4 is 23.9 Å². The van der Waals surface area contributed by atoms with Crippen LogP contribution in [-0.2, 0) is 29.2 Å². The van der Waals surface area contributed by atoms with Gasteiger partial charge in [-0.3, -0.25) is 19.8 Å². The lowest BCUT2D eigenvalue weighted by atomic mass is 10.0. The number of carbonyl (C=O) groups is 3. The van der Waals surface area contributed by atoms with Crippen LogP contribution in [0.3, 0.4) is 0 Å². The number of imide groups is 2. The maximum absolute atomic E-state index is 13.6. The second kappa shape index (κ2) is 15.4. The molecule has 44 heavy (non-hydrogen) atoms. The molecule has 3 aromatic carbocycles. The van der Waals surface area contributed by atoms with Crippen molar-refractivity contribution in [3.63, 3.8) is 0 Å². The van der Waals surface area contributed by atoms with Gasteiger partial charge in [0.1, 0.15) is 12.2 Å². The predicted octanol–water partition coefficient (Wildman–Crippen LogP) is 6.24. The molecule has 0 unspecified atom stereocenters. The number of rotatable bonds is 15. The number of barbiturate groups is 1. The summed E-state index contributed by atoms with van der Waals surface area (Å²) in [5.41, 5.74) is 2.78. The SMILES string of the molecule is C=CCc1cc(/C=C2\C(=O)NC(=O)N(Cc3ccc(OCCC)c(OCC)c3)C2=O)cc(OCC)c1OCc1ccccc1. The lowest BCUT2D eigenvalue weighted by Crippen LogP contribution is -2.53. The Bertz CT molecular complexity index is 1530. The maximum atomic E-state index is 13.6. The summed E-state index contributed by atoms with van der Waals surface area (Å²) in [6.07, 6.45) is 4.50. The molecular weight excluding hydrogens is 560 g/mol. The summed E-state index contributed by atoms with van der Waals surface area (Å²) in [6.45, 7) is 11.2. The zero-order valence-corrected chi connectivity index (χ0v) is 25.4. The van der Waals surface area contributed by atoms with Gasteiger partial charge in [0, 0.05) is 5.56 Å². The van der Waals surface area contributed by atoms with Crippen LogP contribution in [-0.4, -0.2) is 42.6 Å². The van der Waals surface area contributed by atoms with Crippen LogP contribution in [0.1, 0.15) is 49.4 Å². The third kappa shape index (κ3) is 7.86. The first kappa shape index (κ1) is 31.9. The molecule has 1 fully saturated rings. The normalized spacial score (nSPS) is 13.9. The Balaban J connectivity index is 1.64. The summed E-state index contributed by atoms with van der Waals surface area (Å²) < 4.78 is 23.6. The first-order chi connectivity index (χ1) is 21.4. The van der Waals surface area contributed by atoms with Crippen molar-refractivity contribution in [1.82, 2.24) is 10.2 Å². The van der Waals surface area contributed by atoms with Gasteiger partial charge in [0.05, 0.1) is 26.4 Å². The fourth-order valence-electron chi connectivity index (χ4n) is 4.67. The van der Waals surface area contributed by atoms with Gasteiger partial charge in [0.25, 0.3) is 11.8 Å². The van der Waals surface area contributed by atoms with Gasteiger partial charge in [0.2, 0.25) is 0 Å². The van der Waals surface area contributed by atoms with Crippen molar-refractivity contribution < 1.29 is 33.3 Å². The van der Waals surface area contributed by atoms with Crippen LogP contribution in [0.5, 0.6) is 23.0 Å². The van der Waals surface area contributed by atoms with Crippen molar-refractivity contribution in [2.45, 2.75) is 46.8 Å². The number of urea groups is 1. The highest BCUT2D eigenvalue weighted by molar-refractivity contribution is 6.31. The van der Waals surface area contributed by atoms with E-state index in [4.69, 9.17) is 18.9 Å². The average molecular weight is 599 g/mol. The van der Waals surface area contributed by atoms with E-state index in [9.17, 15) is 14.4 Å². The van der Waals surface area contributed by atoms with E-state index in [1.807, 2.05) is 57.2 Å². The average Bonchev–Trinajstić information content (AvgIpc) is 3.01. The van der Waals surface area contributed by atoms with Crippen LogP contribution in [0.2, 0.25) is 0 Å². The van der Waals surface area contributed by atoms with Crippen molar-refractivity contribution in [3.05, 3.63) is 101 Å². The van der Waals surface area contributed by atoms with Gasteiger partial charge in [-0.1, -0.05) is 49.4 Å². The number of amides is 4. The van der Waals surface area contributed by atoms with Crippen LogP contribution in [0.25, 0.3) is 6.08 Å². The summed E-state index contributed by atoms with van der Waals surface area (Å²) in [5, 5.41) is 2.29. The number of nitrogens with zero attached hydrogens (tertiary/aromatic N) is 1. The van der Waals surface area contributed by atoms with Crippen molar-refractivity contribution in [1.29, 1.82) is 0 Å². The predicted molar refractivity (Wildman–Crippen MR) is 168 cm³/mol. The van der Waals surface area contributed by atoms with Crippen molar-refractivity contribution in [2.24, 2.45) is 0 Å². The number of hydrogen-bond donors (Lipinski definition) is 1. The van der Waals surface area contributed by atoms with Gasteiger partial charge in [-0.25, -0.2) is 4.79 Å². The van der Waals surface area contributed by atoms with Crippen LogP contribution < -0.4 is 24.3 Å². The molecule has 9 nitrogen and oxygen atoms in total. The summed E-state index contributed by atoms with van der Waals surface area (Å²) in [5.74, 6) is 0.644. The van der Waals surface area contributed by atoms with Gasteiger partial charge in [-0.05, 0) is 73.7 Å². The minimum absolute atomic E-state index is 0.0679. The second-order valence-electron chi connectivity index (χ2n) is 9.98. The third-order valence-electron chi connectivity index (χ3n) is 6.65. The molecule has 230 valence electrons. The fraction of sp³-hybridized carbons (Fsp3) is 0.286. The Kier molecular flexibility index (Phi) is 11.2. The molecule has 0 spiro atoms. The number of benzene rings is 3. The van der Waals surface area contributed by atoms with E-state index in [2.05, 4.69) is 11.9 Å². The molecule has 1 aliphatic rings. The van der Waals surface area contributed by atoms with Crippen LogP contribution in [0.4, 0.5) is 4.79 Å². The Morgan fingerprint density at radius 2 is 1.57 bits per heavy atom. The first-order valence-electron chi connectivity index (χ1n) is 14.7. The minimum atomic E-state index is -0.798. The largest absolute Gasteiger partial charge is 0.490 e. The second-order valence-corrected chi connectivity index (χ2v) is 9.98. The molecule has 1 N–H and O–H groups in total. The van der Waals surface area contributed by atoms with Crippen LogP contribution in [0.15, 0.2) is 78.9 Å². The molecule has 4 amide bonds. The topological polar surface area (TPSA) is 103 Å². The highest BCUT2D eigenvalue weighted by Gasteiger charge is 2.36. The summed E-state index contributed by atoms with van der Waals surface area (Å²) in [6, 6.07) is 17.8. The molecular formula is C35H38N2O7. The standard InChI is InChI=1S/C35H38N2O7/c1-5-12-27-18-26(21-31(42-8-4)32(27)44-23-24-13-10-9-11-14-24)19-28-33(38)36-35(40)37(34(28)39)22-25-15-16-29(43-17-6-2)30(20-25)41-7-3/h5,9-11,13-16,18-21H,1,6-8,12,17,22-23H2,2-4H3,(H,36,38,40)/b28-19+. The number of hydrogen-bond acceptors (Lipinski definition) is 7. The molecule has 1 heterocycles. The van der Waals surface area contributed by atoms with E-state index in [1.54, 1.807) is 30.3 Å². The first-order valence-corrected chi connectivity index (χ1v) is 14.7. The quantitative estimate of drug-likeness (QED) is 0.125. The molecule has 0 saturated carbocycles. The highest BCUT2D eigenvalue weighted by atomic mass is 16.5. The van der Waals surface area contributed by atoms with E-state index in [1.165, 1.54) is 6.08 Å². The van der Waals surface area contributed by atoms with Gasteiger partial charge < -0.3 is 18.9 Å². The van der Waals surface area contributed by atoms with Gasteiger partial charge >= 0.3 is 6.03 Å². The number of ether oxygens (including phenoxy) is 4. The molecule has 0 atom stereocenters. The fourth-order valence-corrected chi connectivity index (χ4v) is 4.67. The Labute approximate surface area is 258 Å². The third-order valence-corrected chi connectivity index (χ3v) is 6.65. The van der Waals surface area contributed by atoms with E-state index >= 15 is 0 Å². The minimum Gasteiger partial charge on any atom is -0.490 e. The molecule has 0 radical (unpaired) electrons. The Morgan fingerprint density at radius 1 is 0.818 bits per heavy atom. The van der Waals surface area contributed by atoms with Crippen molar-refractivity contribution in [3.8, 4) is 23.0 Å². The summed E-state index contributed by atoms with van der Waals surface area (Å²) in [7, 11) is 0. The zero-order chi connectivity index (χ0) is 31.5. The van der Waals surface area contributed by atoms with Crippen LogP contribution >= 0.6 is 0 Å². The number of nitrogens with one attached hydrogen (secondary N) is 1. The molecule has 0 bridgehead atoms. The van der Waals surface area contributed by atoms with E-state index in [-0.39, 0.29) is 12.1 Å². The molecule has 0 aliphatic carbocycles. The molecule has 4 rings (SSSR count). The van der Waals surface area contributed by atoms with Crippen molar-refractivity contribution in [2.75, 3.05) is 19.8 Å². The smallest absolute Gasteiger partial charge is 0.331 e. The van der Waals surface area contributed by atoms with Gasteiger partial charge in [-0.15, -0.1) is 6.58 Å².